The van der Waals surface area contributed by atoms with E-state index >= 15 is 0 Å². The zero-order valence-corrected chi connectivity index (χ0v) is 13.7. The number of rotatable bonds is 8. The van der Waals surface area contributed by atoms with Crippen LogP contribution in [-0.2, 0) is 4.79 Å². The smallest absolute Gasteiger partial charge is 0.220 e. The van der Waals surface area contributed by atoms with Crippen LogP contribution in [0.3, 0.4) is 0 Å². The molecule has 1 N–H and O–H groups in total. The predicted molar refractivity (Wildman–Crippen MR) is 86.4 cm³/mol. The number of likely N-dealkylation sites (N-methyl/N-ethyl adjacent to an activating group) is 1. The lowest BCUT2D eigenvalue weighted by Gasteiger charge is -2.34. The molecule has 1 amide bonds. The van der Waals surface area contributed by atoms with Crippen LogP contribution in [0.4, 0.5) is 0 Å². The second-order valence-electron chi connectivity index (χ2n) is 6.46. The number of hydrogen-bond acceptors (Lipinski definition) is 5. The van der Waals surface area contributed by atoms with E-state index < -0.39 is 0 Å². The van der Waals surface area contributed by atoms with E-state index in [9.17, 15) is 4.79 Å². The maximum absolute atomic E-state index is 12.0. The molecule has 1 unspecified atom stereocenters. The van der Waals surface area contributed by atoms with Crippen molar-refractivity contribution in [2.45, 2.75) is 44.3 Å². The van der Waals surface area contributed by atoms with E-state index in [4.69, 9.17) is 6.42 Å². The van der Waals surface area contributed by atoms with Crippen LogP contribution in [0, 0.1) is 12.3 Å². The van der Waals surface area contributed by atoms with Crippen LogP contribution in [0.1, 0.15) is 32.6 Å². The van der Waals surface area contributed by atoms with E-state index in [1.54, 1.807) is 0 Å². The number of piperazine rings is 1. The Bertz CT molecular complexity index is 442. The lowest BCUT2D eigenvalue weighted by atomic mass is 10.0. The van der Waals surface area contributed by atoms with Crippen molar-refractivity contribution in [2.24, 2.45) is 10.2 Å². The molecule has 2 heterocycles. The SMILES string of the molecule is C#CCCC1(CCC(=O)NC(C)CN2CCN(C)CC2)N=N1. The van der Waals surface area contributed by atoms with E-state index in [0.29, 0.717) is 19.3 Å². The summed E-state index contributed by atoms with van der Waals surface area (Å²) in [6.45, 7) is 7.32. The third-order valence-corrected chi connectivity index (χ3v) is 4.34. The van der Waals surface area contributed by atoms with Crippen LogP contribution in [0.25, 0.3) is 0 Å². The summed E-state index contributed by atoms with van der Waals surface area (Å²) in [7, 11) is 2.15. The minimum Gasteiger partial charge on any atom is -0.352 e. The van der Waals surface area contributed by atoms with Gasteiger partial charge in [0.2, 0.25) is 5.91 Å². The molecule has 1 atom stereocenters. The Kier molecular flexibility index (Phi) is 5.92. The molecule has 0 aromatic carbocycles. The first-order valence-electron chi connectivity index (χ1n) is 8.11. The Morgan fingerprint density at radius 2 is 2.00 bits per heavy atom. The Labute approximate surface area is 133 Å². The van der Waals surface area contributed by atoms with Gasteiger partial charge < -0.3 is 10.2 Å². The second kappa shape index (κ2) is 7.70. The lowest BCUT2D eigenvalue weighted by molar-refractivity contribution is -0.122. The first-order chi connectivity index (χ1) is 10.5. The summed E-state index contributed by atoms with van der Waals surface area (Å²) in [5.74, 6) is 2.69. The summed E-state index contributed by atoms with van der Waals surface area (Å²) in [5.41, 5.74) is -0.357. The first-order valence-corrected chi connectivity index (χ1v) is 8.11. The fraction of sp³-hybridized carbons (Fsp3) is 0.812. The van der Waals surface area contributed by atoms with Gasteiger partial charge in [-0.05, 0) is 14.0 Å². The Morgan fingerprint density at radius 3 is 2.59 bits per heavy atom. The molecule has 0 aromatic rings. The van der Waals surface area contributed by atoms with Crippen molar-refractivity contribution in [3.05, 3.63) is 0 Å². The van der Waals surface area contributed by atoms with Gasteiger partial charge in [-0.3, -0.25) is 9.69 Å². The highest BCUT2D eigenvalue weighted by Gasteiger charge is 2.39. The largest absolute Gasteiger partial charge is 0.352 e. The molecule has 0 radical (unpaired) electrons. The van der Waals surface area contributed by atoms with Gasteiger partial charge in [0, 0.05) is 64.4 Å². The monoisotopic (exact) mass is 305 g/mol. The van der Waals surface area contributed by atoms with Gasteiger partial charge in [-0.2, -0.15) is 10.2 Å². The van der Waals surface area contributed by atoms with Crippen molar-refractivity contribution in [3.63, 3.8) is 0 Å². The van der Waals surface area contributed by atoms with Gasteiger partial charge in [0.15, 0.2) is 5.66 Å². The molecule has 122 valence electrons. The van der Waals surface area contributed by atoms with E-state index in [1.807, 2.05) is 0 Å². The molecule has 0 saturated carbocycles. The number of carbonyl (C=O) groups excluding carboxylic acids is 1. The molecule has 22 heavy (non-hydrogen) atoms. The van der Waals surface area contributed by atoms with Gasteiger partial charge in [0.25, 0.3) is 0 Å². The fourth-order valence-corrected chi connectivity index (χ4v) is 2.79. The van der Waals surface area contributed by atoms with Gasteiger partial charge in [-0.15, -0.1) is 12.3 Å². The molecule has 6 nitrogen and oxygen atoms in total. The maximum atomic E-state index is 12.0. The maximum Gasteiger partial charge on any atom is 0.220 e. The molecule has 0 aliphatic carbocycles. The van der Waals surface area contributed by atoms with E-state index in [0.717, 1.165) is 39.1 Å². The van der Waals surface area contributed by atoms with Crippen molar-refractivity contribution in [3.8, 4) is 12.3 Å². The van der Waals surface area contributed by atoms with Crippen LogP contribution in [0.2, 0.25) is 0 Å². The molecule has 2 aliphatic rings. The topological polar surface area (TPSA) is 60.3 Å². The summed E-state index contributed by atoms with van der Waals surface area (Å²) in [6, 6.07) is 0.172. The van der Waals surface area contributed by atoms with E-state index in [2.05, 4.69) is 45.2 Å². The highest BCUT2D eigenvalue weighted by molar-refractivity contribution is 5.76. The molecule has 1 saturated heterocycles. The Hall–Kier alpha value is -1.45. The summed E-state index contributed by atoms with van der Waals surface area (Å²) >= 11 is 0. The molecule has 0 bridgehead atoms. The van der Waals surface area contributed by atoms with Gasteiger partial charge in [0.05, 0.1) is 0 Å². The van der Waals surface area contributed by atoms with Gasteiger partial charge in [-0.25, -0.2) is 0 Å². The predicted octanol–water partition coefficient (Wildman–Crippen LogP) is 1.09. The first kappa shape index (κ1) is 16.9. The minimum absolute atomic E-state index is 0.0824. The molecule has 0 aromatic heterocycles. The number of amides is 1. The quantitative estimate of drug-likeness (QED) is 0.683. The summed E-state index contributed by atoms with van der Waals surface area (Å²) in [4.78, 5) is 16.8. The Morgan fingerprint density at radius 1 is 1.32 bits per heavy atom. The average Bonchev–Trinajstić information content (AvgIpc) is 3.26. The summed E-state index contributed by atoms with van der Waals surface area (Å²) in [5, 5.41) is 11.2. The van der Waals surface area contributed by atoms with Crippen LogP contribution >= 0.6 is 0 Å². The molecule has 2 rings (SSSR count). The second-order valence-corrected chi connectivity index (χ2v) is 6.46. The van der Waals surface area contributed by atoms with Crippen LogP contribution in [-0.4, -0.2) is 67.2 Å². The third kappa shape index (κ3) is 5.39. The Balaban J connectivity index is 1.61. The van der Waals surface area contributed by atoms with E-state index in [-0.39, 0.29) is 17.6 Å². The number of nitrogens with one attached hydrogen (secondary N) is 1. The fourth-order valence-electron chi connectivity index (χ4n) is 2.79. The highest BCUT2D eigenvalue weighted by atomic mass is 16.1. The molecular formula is C16H27N5O. The highest BCUT2D eigenvalue weighted by Crippen LogP contribution is 2.37. The van der Waals surface area contributed by atoms with Gasteiger partial charge in [0.1, 0.15) is 0 Å². The summed E-state index contributed by atoms with van der Waals surface area (Å²) in [6.07, 6.45) is 7.81. The van der Waals surface area contributed by atoms with Crippen molar-refractivity contribution in [1.29, 1.82) is 0 Å². The zero-order valence-electron chi connectivity index (χ0n) is 13.7. The molecule has 1 fully saturated rings. The number of carbonyl (C=O) groups is 1. The molecule has 2 aliphatic heterocycles. The average molecular weight is 305 g/mol. The lowest BCUT2D eigenvalue weighted by Crippen LogP contribution is -2.49. The molecule has 0 spiro atoms. The standard InChI is InChI=1S/C16H27N5O/c1-4-5-7-16(18-19-16)8-6-15(22)17-14(2)13-21-11-9-20(3)10-12-21/h1,14H,5-13H2,2-3H3,(H,17,22). The van der Waals surface area contributed by atoms with Crippen molar-refractivity contribution in [2.75, 3.05) is 39.8 Å². The van der Waals surface area contributed by atoms with Crippen LogP contribution in [0.5, 0.6) is 0 Å². The molecule has 6 heteroatoms. The van der Waals surface area contributed by atoms with Gasteiger partial charge in [-0.1, -0.05) is 0 Å². The summed E-state index contributed by atoms with van der Waals surface area (Å²) < 4.78 is 0. The minimum atomic E-state index is -0.357. The number of hydrogen-bond donors (Lipinski definition) is 1. The van der Waals surface area contributed by atoms with E-state index in [1.165, 1.54) is 0 Å². The zero-order chi connectivity index (χ0) is 16.0. The van der Waals surface area contributed by atoms with Gasteiger partial charge >= 0.3 is 0 Å². The number of terminal acetylenes is 1. The van der Waals surface area contributed by atoms with Crippen molar-refractivity contribution < 1.29 is 4.79 Å². The molecular weight excluding hydrogens is 278 g/mol. The van der Waals surface area contributed by atoms with Crippen LogP contribution in [0.15, 0.2) is 10.2 Å². The van der Waals surface area contributed by atoms with Crippen molar-refractivity contribution in [1.82, 2.24) is 15.1 Å². The normalized spacial score (nSPS) is 22.0. The van der Waals surface area contributed by atoms with Crippen LogP contribution < -0.4 is 5.32 Å². The number of nitrogens with zero attached hydrogens (tertiary/aromatic N) is 4. The third-order valence-electron chi connectivity index (χ3n) is 4.34. The van der Waals surface area contributed by atoms with Crippen molar-refractivity contribution >= 4 is 5.91 Å².